The first-order valence-corrected chi connectivity index (χ1v) is 7.86. The minimum atomic E-state index is -0.867. The Labute approximate surface area is 132 Å². The van der Waals surface area contributed by atoms with Gasteiger partial charge >= 0.3 is 5.97 Å². The number of ether oxygens (including phenoxy) is 1. The molecule has 0 aliphatic heterocycles. The zero-order chi connectivity index (χ0) is 16.3. The highest BCUT2D eigenvalue weighted by Gasteiger charge is 2.20. The maximum atomic E-state index is 13.1. The molecular formula is C16H18FNO3S. The van der Waals surface area contributed by atoms with E-state index in [-0.39, 0.29) is 11.7 Å². The van der Waals surface area contributed by atoms with Gasteiger partial charge < -0.3 is 10.1 Å². The molecule has 0 fully saturated rings. The molecule has 118 valence electrons. The second-order valence-corrected chi connectivity index (χ2v) is 6.56. The van der Waals surface area contributed by atoms with Crippen LogP contribution in [0.5, 0.6) is 0 Å². The monoisotopic (exact) mass is 323 g/mol. The van der Waals surface area contributed by atoms with E-state index < -0.39 is 12.1 Å². The normalized spacial score (nSPS) is 12.4. The van der Waals surface area contributed by atoms with Gasteiger partial charge in [0.15, 0.2) is 6.10 Å². The SMILES string of the molecule is CC(C)CNC(=O)[C@@H](C)OC(=O)c1cc2cc(F)ccc2s1. The zero-order valence-electron chi connectivity index (χ0n) is 12.7. The molecule has 2 rings (SSSR count). The molecule has 0 aliphatic carbocycles. The molecular weight excluding hydrogens is 305 g/mol. The van der Waals surface area contributed by atoms with E-state index in [4.69, 9.17) is 4.74 Å². The topological polar surface area (TPSA) is 55.4 Å². The van der Waals surface area contributed by atoms with Crippen molar-refractivity contribution in [3.63, 3.8) is 0 Å². The van der Waals surface area contributed by atoms with Crippen molar-refractivity contribution in [2.75, 3.05) is 6.54 Å². The van der Waals surface area contributed by atoms with E-state index in [0.717, 1.165) is 4.70 Å². The Bertz CT molecular complexity index is 696. The fraction of sp³-hybridized carbons (Fsp3) is 0.375. The largest absolute Gasteiger partial charge is 0.448 e. The lowest BCUT2D eigenvalue weighted by atomic mass is 10.2. The second kappa shape index (κ2) is 6.87. The van der Waals surface area contributed by atoms with Gasteiger partial charge in [0.25, 0.3) is 5.91 Å². The molecule has 1 amide bonds. The molecule has 0 spiro atoms. The third kappa shape index (κ3) is 4.04. The van der Waals surface area contributed by atoms with Crippen LogP contribution in [0.15, 0.2) is 24.3 Å². The Balaban J connectivity index is 2.02. The highest BCUT2D eigenvalue weighted by Crippen LogP contribution is 2.27. The number of amides is 1. The first kappa shape index (κ1) is 16.4. The quantitative estimate of drug-likeness (QED) is 0.859. The van der Waals surface area contributed by atoms with Gasteiger partial charge in [-0.05, 0) is 42.5 Å². The number of carbonyl (C=O) groups is 2. The molecule has 1 N–H and O–H groups in total. The van der Waals surface area contributed by atoms with Gasteiger partial charge in [-0.1, -0.05) is 13.8 Å². The summed E-state index contributed by atoms with van der Waals surface area (Å²) in [6.45, 7) is 6.02. The Kier molecular flexibility index (Phi) is 5.13. The van der Waals surface area contributed by atoms with Crippen LogP contribution in [0.25, 0.3) is 10.1 Å². The molecule has 0 saturated heterocycles. The summed E-state index contributed by atoms with van der Waals surface area (Å²) < 4.78 is 19.1. The number of fused-ring (bicyclic) bond motifs is 1. The average molecular weight is 323 g/mol. The maximum Gasteiger partial charge on any atom is 0.349 e. The molecule has 0 radical (unpaired) electrons. The van der Waals surface area contributed by atoms with Crippen LogP contribution in [0.3, 0.4) is 0 Å². The van der Waals surface area contributed by atoms with Crippen molar-refractivity contribution in [1.82, 2.24) is 5.32 Å². The first-order valence-electron chi connectivity index (χ1n) is 7.04. The van der Waals surface area contributed by atoms with Crippen molar-refractivity contribution in [3.8, 4) is 0 Å². The summed E-state index contributed by atoms with van der Waals surface area (Å²) in [5.41, 5.74) is 0. The van der Waals surface area contributed by atoms with E-state index in [1.807, 2.05) is 13.8 Å². The number of rotatable bonds is 5. The van der Waals surface area contributed by atoms with Crippen molar-refractivity contribution in [1.29, 1.82) is 0 Å². The predicted molar refractivity (Wildman–Crippen MR) is 84.5 cm³/mol. The molecule has 0 saturated carbocycles. The summed E-state index contributed by atoms with van der Waals surface area (Å²) in [4.78, 5) is 24.2. The lowest BCUT2D eigenvalue weighted by Crippen LogP contribution is -2.37. The Morgan fingerprint density at radius 3 is 2.68 bits per heavy atom. The van der Waals surface area contributed by atoms with Crippen LogP contribution < -0.4 is 5.32 Å². The molecule has 0 bridgehead atoms. The number of thiophene rings is 1. The van der Waals surface area contributed by atoms with Gasteiger partial charge in [-0.3, -0.25) is 4.79 Å². The molecule has 22 heavy (non-hydrogen) atoms. The third-order valence-corrected chi connectivity index (χ3v) is 4.11. The van der Waals surface area contributed by atoms with E-state index in [9.17, 15) is 14.0 Å². The number of hydrogen-bond acceptors (Lipinski definition) is 4. The highest BCUT2D eigenvalue weighted by molar-refractivity contribution is 7.20. The minimum absolute atomic E-state index is 0.323. The summed E-state index contributed by atoms with van der Waals surface area (Å²) >= 11 is 1.21. The van der Waals surface area contributed by atoms with Gasteiger partial charge in [0.1, 0.15) is 10.7 Å². The summed E-state index contributed by atoms with van der Waals surface area (Å²) in [7, 11) is 0. The van der Waals surface area contributed by atoms with Crippen molar-refractivity contribution in [3.05, 3.63) is 35.0 Å². The van der Waals surface area contributed by atoms with Gasteiger partial charge in [0, 0.05) is 11.2 Å². The summed E-state index contributed by atoms with van der Waals surface area (Å²) in [5.74, 6) is -0.931. The van der Waals surface area contributed by atoms with E-state index in [0.29, 0.717) is 22.7 Å². The molecule has 1 aromatic heterocycles. The molecule has 0 aliphatic rings. The fourth-order valence-corrected chi connectivity index (χ4v) is 2.76. The van der Waals surface area contributed by atoms with Crippen LogP contribution in [0.2, 0.25) is 0 Å². The van der Waals surface area contributed by atoms with Crippen molar-refractivity contribution < 1.29 is 18.7 Å². The predicted octanol–water partition coefficient (Wildman–Crippen LogP) is 3.36. The zero-order valence-corrected chi connectivity index (χ0v) is 13.5. The fourth-order valence-electron chi connectivity index (χ4n) is 1.84. The minimum Gasteiger partial charge on any atom is -0.448 e. The van der Waals surface area contributed by atoms with Crippen LogP contribution in [0.1, 0.15) is 30.4 Å². The van der Waals surface area contributed by atoms with Crippen LogP contribution >= 0.6 is 11.3 Å². The van der Waals surface area contributed by atoms with E-state index >= 15 is 0 Å². The van der Waals surface area contributed by atoms with E-state index in [1.54, 1.807) is 12.1 Å². The molecule has 0 unspecified atom stereocenters. The molecule has 4 nitrogen and oxygen atoms in total. The molecule has 1 heterocycles. The van der Waals surface area contributed by atoms with Gasteiger partial charge in [-0.15, -0.1) is 11.3 Å². The van der Waals surface area contributed by atoms with Crippen molar-refractivity contribution >= 4 is 33.3 Å². The second-order valence-electron chi connectivity index (χ2n) is 5.48. The van der Waals surface area contributed by atoms with E-state index in [1.165, 1.54) is 30.4 Å². The molecule has 6 heteroatoms. The summed E-state index contributed by atoms with van der Waals surface area (Å²) in [6.07, 6.45) is -0.867. The van der Waals surface area contributed by atoms with Gasteiger partial charge in [0.2, 0.25) is 0 Å². The lowest BCUT2D eigenvalue weighted by molar-refractivity contribution is -0.129. The average Bonchev–Trinajstić information content (AvgIpc) is 2.87. The van der Waals surface area contributed by atoms with E-state index in [2.05, 4.69) is 5.32 Å². The number of carbonyl (C=O) groups excluding carboxylic acids is 2. The summed E-state index contributed by atoms with van der Waals surface area (Å²) in [6, 6.07) is 5.90. The number of nitrogens with one attached hydrogen (secondary N) is 1. The van der Waals surface area contributed by atoms with Crippen molar-refractivity contribution in [2.24, 2.45) is 5.92 Å². The number of esters is 1. The highest BCUT2D eigenvalue weighted by atomic mass is 32.1. The molecule has 2 aromatic rings. The van der Waals surface area contributed by atoms with Crippen molar-refractivity contribution in [2.45, 2.75) is 26.9 Å². The maximum absolute atomic E-state index is 13.1. The number of halogens is 1. The lowest BCUT2D eigenvalue weighted by Gasteiger charge is -2.13. The van der Waals surface area contributed by atoms with Gasteiger partial charge in [-0.25, -0.2) is 9.18 Å². The first-order chi connectivity index (χ1) is 10.4. The third-order valence-electron chi connectivity index (χ3n) is 3.02. The van der Waals surface area contributed by atoms with Crippen LogP contribution in [0.4, 0.5) is 4.39 Å². The standard InChI is InChI=1S/C16H18FNO3S/c1-9(2)8-18-15(19)10(3)21-16(20)14-7-11-6-12(17)4-5-13(11)22-14/h4-7,9-10H,8H2,1-3H3,(H,18,19)/t10-/m1/s1. The molecule has 1 aromatic carbocycles. The van der Waals surface area contributed by atoms with Gasteiger partial charge in [-0.2, -0.15) is 0 Å². The van der Waals surface area contributed by atoms with Crippen LogP contribution in [0, 0.1) is 11.7 Å². The Hall–Kier alpha value is -1.95. The van der Waals surface area contributed by atoms with Crippen LogP contribution in [-0.2, 0) is 9.53 Å². The van der Waals surface area contributed by atoms with Crippen LogP contribution in [-0.4, -0.2) is 24.5 Å². The smallest absolute Gasteiger partial charge is 0.349 e. The number of benzene rings is 1. The molecule has 1 atom stereocenters. The van der Waals surface area contributed by atoms with Gasteiger partial charge in [0.05, 0.1) is 0 Å². The number of hydrogen-bond donors (Lipinski definition) is 1. The Morgan fingerprint density at radius 1 is 1.27 bits per heavy atom. The summed E-state index contributed by atoms with van der Waals surface area (Å²) in [5, 5.41) is 3.36. The Morgan fingerprint density at radius 2 is 2.00 bits per heavy atom.